The van der Waals surface area contributed by atoms with Crippen LogP contribution in [0.3, 0.4) is 0 Å². The third-order valence-electron chi connectivity index (χ3n) is 3.77. The Kier molecular flexibility index (Phi) is 11.1. The van der Waals surface area contributed by atoms with Crippen LogP contribution in [0.25, 0.3) is 11.0 Å². The van der Waals surface area contributed by atoms with E-state index in [1.54, 1.807) is 12.4 Å². The van der Waals surface area contributed by atoms with Crippen LogP contribution in [0.2, 0.25) is 0 Å². The number of nitrogens with zero attached hydrogens (tertiary/aromatic N) is 2. The zero-order chi connectivity index (χ0) is 18.3. The summed E-state index contributed by atoms with van der Waals surface area (Å²) in [4.78, 5) is 18.6. The van der Waals surface area contributed by atoms with Crippen molar-refractivity contribution in [2.45, 2.75) is 51.5 Å². The topological polar surface area (TPSA) is 101 Å². The van der Waals surface area contributed by atoms with Crippen molar-refractivity contribution in [3.8, 4) is 0 Å². The monoisotopic (exact) mass is 346 g/mol. The Bertz CT molecular complexity index is 541. The second-order valence-electron chi connectivity index (χ2n) is 5.94. The summed E-state index contributed by atoms with van der Waals surface area (Å²) < 4.78 is 0. The molecule has 0 unspecified atom stereocenters. The van der Waals surface area contributed by atoms with E-state index < -0.39 is 12.0 Å². The summed E-state index contributed by atoms with van der Waals surface area (Å²) >= 11 is 0. The van der Waals surface area contributed by atoms with Crippen LogP contribution in [-0.4, -0.2) is 40.2 Å². The molecule has 6 nitrogen and oxygen atoms in total. The lowest BCUT2D eigenvalue weighted by Gasteiger charge is -2.06. The highest BCUT2D eigenvalue weighted by Gasteiger charge is 2.09. The number of rotatable bonds is 10. The van der Waals surface area contributed by atoms with Crippen LogP contribution in [-0.2, 0) is 4.79 Å². The number of carboxylic acid groups (broad SMARTS) is 1. The molecule has 2 aromatic rings. The molecule has 0 amide bonds. The number of para-hydroxylation sites is 2. The Morgan fingerprint density at radius 2 is 1.64 bits per heavy atom. The van der Waals surface area contributed by atoms with Gasteiger partial charge in [0.25, 0.3) is 0 Å². The van der Waals surface area contributed by atoms with E-state index in [1.165, 1.54) is 19.3 Å². The molecule has 0 aliphatic rings. The number of hydrogen-bond donors (Lipinski definition) is 3. The number of carbonyl (C=O) groups is 1. The van der Waals surface area contributed by atoms with Gasteiger partial charge in [-0.2, -0.15) is 0 Å². The lowest BCUT2D eigenvalue weighted by atomic mass is 10.1. The van der Waals surface area contributed by atoms with Crippen molar-refractivity contribution in [3.63, 3.8) is 0 Å². The van der Waals surface area contributed by atoms with Crippen LogP contribution in [0.4, 0.5) is 0 Å². The molecule has 6 heteroatoms. The zero-order valence-electron chi connectivity index (χ0n) is 15.0. The molecule has 0 aliphatic heterocycles. The molecular weight excluding hydrogens is 316 g/mol. The first-order valence-corrected chi connectivity index (χ1v) is 9.00. The maximum atomic E-state index is 10.4. The SMILES string of the molecule is CCCCCNCCCC[C@H](N)C(=O)O.c1ccc2nccnc2c1. The van der Waals surface area contributed by atoms with E-state index in [0.29, 0.717) is 6.42 Å². The first kappa shape index (κ1) is 21.0. The molecule has 2 rings (SSSR count). The molecule has 1 aromatic carbocycles. The van der Waals surface area contributed by atoms with Gasteiger partial charge in [-0.15, -0.1) is 0 Å². The number of carboxylic acids is 1. The van der Waals surface area contributed by atoms with E-state index in [4.69, 9.17) is 10.8 Å². The average Bonchev–Trinajstić information content (AvgIpc) is 2.64. The minimum atomic E-state index is -0.897. The van der Waals surface area contributed by atoms with Gasteiger partial charge in [0.15, 0.2) is 0 Å². The smallest absolute Gasteiger partial charge is 0.320 e. The summed E-state index contributed by atoms with van der Waals surface area (Å²) in [6.07, 6.45) is 9.61. The molecule has 1 atom stereocenters. The average molecular weight is 346 g/mol. The number of hydrogen-bond acceptors (Lipinski definition) is 5. The number of fused-ring (bicyclic) bond motifs is 1. The van der Waals surface area contributed by atoms with E-state index in [9.17, 15) is 4.79 Å². The molecule has 0 saturated carbocycles. The minimum Gasteiger partial charge on any atom is -0.480 e. The normalized spacial score (nSPS) is 11.6. The van der Waals surface area contributed by atoms with Gasteiger partial charge in [-0.3, -0.25) is 14.8 Å². The molecule has 0 spiro atoms. The molecular formula is C19H30N4O2. The van der Waals surface area contributed by atoms with Gasteiger partial charge in [0.1, 0.15) is 6.04 Å². The second kappa shape index (κ2) is 13.3. The quantitative estimate of drug-likeness (QED) is 0.572. The summed E-state index contributed by atoms with van der Waals surface area (Å²) in [5.74, 6) is -0.897. The second-order valence-corrected chi connectivity index (χ2v) is 5.94. The Morgan fingerprint density at radius 1 is 1.08 bits per heavy atom. The molecule has 138 valence electrons. The molecule has 0 bridgehead atoms. The van der Waals surface area contributed by atoms with E-state index in [2.05, 4.69) is 22.2 Å². The summed E-state index contributed by atoms with van der Waals surface area (Å²) in [7, 11) is 0. The Morgan fingerprint density at radius 3 is 2.16 bits per heavy atom. The van der Waals surface area contributed by atoms with Crippen molar-refractivity contribution in [2.24, 2.45) is 5.73 Å². The van der Waals surface area contributed by atoms with Gasteiger partial charge in [0.2, 0.25) is 0 Å². The Labute approximate surface area is 149 Å². The molecule has 1 heterocycles. The fraction of sp³-hybridized carbons (Fsp3) is 0.526. The van der Waals surface area contributed by atoms with Gasteiger partial charge in [-0.05, 0) is 44.5 Å². The third-order valence-corrected chi connectivity index (χ3v) is 3.77. The number of unbranched alkanes of at least 4 members (excludes halogenated alkanes) is 3. The van der Waals surface area contributed by atoms with Crippen molar-refractivity contribution in [1.29, 1.82) is 0 Å². The lowest BCUT2D eigenvalue weighted by molar-refractivity contribution is -0.138. The van der Waals surface area contributed by atoms with Crippen molar-refractivity contribution >= 4 is 17.0 Å². The standard InChI is InChI=1S/C11H24N2O2.C8H6N2/c1-2-3-5-8-13-9-6-4-7-10(12)11(14)15;1-2-4-8-7(3-1)9-5-6-10-8/h10,13H,2-9,12H2,1H3,(H,14,15);1-6H/t10-;/m0./s1. The summed E-state index contributed by atoms with van der Waals surface area (Å²) in [6.45, 7) is 4.22. The molecule has 0 radical (unpaired) electrons. The molecule has 0 fully saturated rings. The van der Waals surface area contributed by atoms with Crippen LogP contribution in [0, 0.1) is 0 Å². The first-order valence-electron chi connectivity index (χ1n) is 9.00. The molecule has 0 aliphatic carbocycles. The van der Waals surface area contributed by atoms with E-state index in [1.807, 2.05) is 24.3 Å². The van der Waals surface area contributed by atoms with Crippen LogP contribution in [0.1, 0.15) is 45.4 Å². The van der Waals surface area contributed by atoms with Crippen molar-refractivity contribution in [3.05, 3.63) is 36.7 Å². The molecule has 4 N–H and O–H groups in total. The van der Waals surface area contributed by atoms with E-state index >= 15 is 0 Å². The number of nitrogens with one attached hydrogen (secondary N) is 1. The largest absolute Gasteiger partial charge is 0.480 e. The predicted molar refractivity (Wildman–Crippen MR) is 101 cm³/mol. The predicted octanol–water partition coefficient (Wildman–Crippen LogP) is 2.98. The number of nitrogens with two attached hydrogens (primary N) is 1. The van der Waals surface area contributed by atoms with Crippen molar-refractivity contribution < 1.29 is 9.90 Å². The highest BCUT2D eigenvalue weighted by atomic mass is 16.4. The summed E-state index contributed by atoms with van der Waals surface area (Å²) in [5.41, 5.74) is 7.28. The Hall–Kier alpha value is -2.05. The lowest BCUT2D eigenvalue weighted by Crippen LogP contribution is -2.30. The van der Waals surface area contributed by atoms with Gasteiger partial charge in [-0.25, -0.2) is 0 Å². The van der Waals surface area contributed by atoms with Crippen molar-refractivity contribution in [1.82, 2.24) is 15.3 Å². The fourth-order valence-corrected chi connectivity index (χ4v) is 2.27. The minimum absolute atomic E-state index is 0.575. The van der Waals surface area contributed by atoms with Crippen LogP contribution in [0.15, 0.2) is 36.7 Å². The summed E-state index contributed by atoms with van der Waals surface area (Å²) in [6, 6.07) is 7.11. The molecule has 25 heavy (non-hydrogen) atoms. The third kappa shape index (κ3) is 9.74. The van der Waals surface area contributed by atoms with E-state index in [-0.39, 0.29) is 0 Å². The van der Waals surface area contributed by atoms with Crippen LogP contribution in [0.5, 0.6) is 0 Å². The van der Waals surface area contributed by atoms with Crippen LogP contribution >= 0.6 is 0 Å². The maximum absolute atomic E-state index is 10.4. The summed E-state index contributed by atoms with van der Waals surface area (Å²) in [5, 5.41) is 11.9. The number of aromatic nitrogens is 2. The van der Waals surface area contributed by atoms with Crippen LogP contribution < -0.4 is 11.1 Å². The van der Waals surface area contributed by atoms with Gasteiger partial charge >= 0.3 is 5.97 Å². The maximum Gasteiger partial charge on any atom is 0.320 e. The zero-order valence-corrected chi connectivity index (χ0v) is 15.0. The number of aliphatic carboxylic acids is 1. The van der Waals surface area contributed by atoms with Crippen molar-refractivity contribution in [2.75, 3.05) is 13.1 Å². The molecule has 1 aromatic heterocycles. The molecule has 0 saturated heterocycles. The highest BCUT2D eigenvalue weighted by molar-refractivity contribution is 5.73. The fourth-order valence-electron chi connectivity index (χ4n) is 2.27. The van der Waals surface area contributed by atoms with Gasteiger partial charge in [0, 0.05) is 12.4 Å². The number of benzene rings is 1. The van der Waals surface area contributed by atoms with E-state index in [0.717, 1.165) is 37.0 Å². The van der Waals surface area contributed by atoms with Gasteiger partial charge in [0.05, 0.1) is 11.0 Å². The van der Waals surface area contributed by atoms with Gasteiger partial charge in [-0.1, -0.05) is 38.3 Å². The van der Waals surface area contributed by atoms with Gasteiger partial charge < -0.3 is 16.2 Å². The highest BCUT2D eigenvalue weighted by Crippen LogP contribution is 2.04. The Balaban J connectivity index is 0.000000267. The first-order chi connectivity index (χ1) is 12.1.